The lowest BCUT2D eigenvalue weighted by molar-refractivity contribution is -0.383. The zero-order chi connectivity index (χ0) is 18.5. The molecule has 26 heavy (non-hydrogen) atoms. The van der Waals surface area contributed by atoms with Crippen molar-refractivity contribution in [3.8, 4) is 5.18 Å². The van der Waals surface area contributed by atoms with Gasteiger partial charge in [-0.1, -0.05) is 17.3 Å². The summed E-state index contributed by atoms with van der Waals surface area (Å²) in [6.45, 7) is 5.90. The first kappa shape index (κ1) is 18.8. The molecule has 0 spiro atoms. The lowest BCUT2D eigenvalue weighted by Gasteiger charge is -2.32. The van der Waals surface area contributed by atoms with E-state index in [0.29, 0.717) is 5.69 Å². The fraction of sp³-hybridized carbons (Fsp3) is 0.389. The van der Waals surface area contributed by atoms with Crippen LogP contribution in [0.4, 0.5) is 16.4 Å². The molecule has 1 aliphatic rings. The van der Waals surface area contributed by atoms with Crippen molar-refractivity contribution in [2.75, 3.05) is 37.8 Å². The van der Waals surface area contributed by atoms with Gasteiger partial charge < -0.3 is 10.6 Å². The van der Waals surface area contributed by atoms with Gasteiger partial charge in [-0.2, -0.15) is 0 Å². The monoisotopic (exact) mass is 390 g/mol. The number of nitrogens with one attached hydrogen (secondary N) is 2. The molecule has 1 aliphatic heterocycles. The third kappa shape index (κ3) is 4.23. The van der Waals surface area contributed by atoms with Crippen molar-refractivity contribution >= 4 is 38.9 Å². The summed E-state index contributed by atoms with van der Waals surface area (Å²) in [5, 5.41) is 22.4. The first-order valence-electron chi connectivity index (χ1n) is 8.44. The van der Waals surface area contributed by atoms with Gasteiger partial charge in [0.05, 0.1) is 9.92 Å². The Hall–Kier alpha value is -1.96. The fourth-order valence-corrected chi connectivity index (χ4v) is 4.54. The number of thiophene rings is 1. The number of piperazine rings is 1. The summed E-state index contributed by atoms with van der Waals surface area (Å²) in [7, 11) is 0. The van der Waals surface area contributed by atoms with Gasteiger partial charge >= 0.3 is 0 Å². The Labute approximate surface area is 161 Å². The van der Waals surface area contributed by atoms with Crippen LogP contribution in [0.15, 0.2) is 30.3 Å². The van der Waals surface area contributed by atoms with Gasteiger partial charge in [0, 0.05) is 48.9 Å². The summed E-state index contributed by atoms with van der Waals surface area (Å²) in [6, 6.07) is 8.99. The van der Waals surface area contributed by atoms with Crippen molar-refractivity contribution in [2.45, 2.75) is 13.0 Å². The lowest BCUT2D eigenvalue weighted by Crippen LogP contribution is -2.44. The number of anilines is 2. The van der Waals surface area contributed by atoms with Gasteiger partial charge in [-0.3, -0.25) is 15.0 Å². The molecule has 2 heterocycles. The number of nitro groups is 1. The van der Waals surface area contributed by atoms with E-state index in [1.54, 1.807) is 34.6 Å². The smallest absolute Gasteiger partial charge is 0.292 e. The second-order valence-corrected chi connectivity index (χ2v) is 7.95. The molecular weight excluding hydrogens is 368 g/mol. The van der Waals surface area contributed by atoms with Crippen molar-refractivity contribution in [3.63, 3.8) is 0 Å². The maximum atomic E-state index is 11.3. The highest BCUT2D eigenvalue weighted by atomic mass is 32.1. The summed E-state index contributed by atoms with van der Waals surface area (Å²) in [5.74, 6) is 0. The molecule has 0 bridgehead atoms. The van der Waals surface area contributed by atoms with Gasteiger partial charge in [-0.05, 0) is 19.1 Å². The minimum atomic E-state index is -0.351. The van der Waals surface area contributed by atoms with E-state index < -0.39 is 0 Å². The van der Waals surface area contributed by atoms with Gasteiger partial charge in [-0.25, -0.2) is 0 Å². The number of benzene rings is 1. The molecule has 1 unspecified atom stereocenters. The van der Waals surface area contributed by atoms with E-state index >= 15 is 0 Å². The van der Waals surface area contributed by atoms with E-state index in [0.717, 1.165) is 36.7 Å². The van der Waals surface area contributed by atoms with E-state index in [9.17, 15) is 10.1 Å². The van der Waals surface area contributed by atoms with Crippen LogP contribution in [0.25, 0.3) is 0 Å². The van der Waals surface area contributed by atoms with Crippen LogP contribution in [-0.4, -0.2) is 42.3 Å². The van der Waals surface area contributed by atoms with Crippen LogP contribution in [0.1, 0.15) is 16.5 Å². The Morgan fingerprint density at radius 3 is 2.81 bits per heavy atom. The van der Waals surface area contributed by atoms with Crippen molar-refractivity contribution < 1.29 is 4.92 Å². The molecule has 8 heteroatoms. The molecule has 0 saturated carbocycles. The SMILES string of the molecule is CS#CC(c1cc(C)sc1Nc1ccccc1[N+](=O)[O-])N1CCNCC1. The van der Waals surface area contributed by atoms with Gasteiger partial charge in [0.2, 0.25) is 0 Å². The lowest BCUT2D eigenvalue weighted by atomic mass is 10.1. The van der Waals surface area contributed by atoms with Gasteiger partial charge in [0.15, 0.2) is 0 Å². The Morgan fingerprint density at radius 2 is 2.12 bits per heavy atom. The maximum absolute atomic E-state index is 11.3. The van der Waals surface area contributed by atoms with Crippen LogP contribution >= 0.6 is 22.5 Å². The van der Waals surface area contributed by atoms with Crippen LogP contribution in [0.5, 0.6) is 0 Å². The molecule has 138 valence electrons. The predicted molar refractivity (Wildman–Crippen MR) is 110 cm³/mol. The Morgan fingerprint density at radius 1 is 1.38 bits per heavy atom. The Bertz CT molecular complexity index is 850. The predicted octanol–water partition coefficient (Wildman–Crippen LogP) is 3.98. The third-order valence-electron chi connectivity index (χ3n) is 4.27. The molecule has 1 aromatic carbocycles. The largest absolute Gasteiger partial charge is 0.341 e. The summed E-state index contributed by atoms with van der Waals surface area (Å²) >= 11 is 3.21. The molecule has 0 aliphatic carbocycles. The third-order valence-corrected chi connectivity index (χ3v) is 5.71. The van der Waals surface area contributed by atoms with Gasteiger partial charge in [0.1, 0.15) is 11.7 Å². The van der Waals surface area contributed by atoms with Crippen molar-refractivity contribution in [3.05, 3.63) is 50.9 Å². The van der Waals surface area contributed by atoms with Crippen LogP contribution in [0.2, 0.25) is 0 Å². The normalized spacial score (nSPS) is 15.9. The molecule has 0 amide bonds. The minimum absolute atomic E-state index is 0.0577. The number of rotatable bonds is 5. The topological polar surface area (TPSA) is 70.4 Å². The highest BCUT2D eigenvalue weighted by Gasteiger charge is 2.25. The Kier molecular flexibility index (Phi) is 6.24. The number of nitrogens with zero attached hydrogens (tertiary/aromatic N) is 2. The van der Waals surface area contributed by atoms with Crippen molar-refractivity contribution in [1.82, 2.24) is 10.2 Å². The number of nitro benzene ring substituents is 1. The van der Waals surface area contributed by atoms with Crippen LogP contribution in [0.3, 0.4) is 0 Å². The van der Waals surface area contributed by atoms with E-state index in [1.807, 2.05) is 12.3 Å². The summed E-state index contributed by atoms with van der Waals surface area (Å²) in [5.41, 5.74) is 1.73. The first-order valence-corrected chi connectivity index (χ1v) is 10.5. The molecule has 2 N–H and O–H groups in total. The van der Waals surface area contributed by atoms with E-state index in [-0.39, 0.29) is 16.7 Å². The van der Waals surface area contributed by atoms with Gasteiger partial charge in [0.25, 0.3) is 5.69 Å². The second-order valence-electron chi connectivity index (χ2n) is 6.05. The van der Waals surface area contributed by atoms with Crippen LogP contribution in [0, 0.1) is 22.2 Å². The molecule has 3 rings (SSSR count). The molecule has 0 radical (unpaired) electrons. The van der Waals surface area contributed by atoms with Crippen LogP contribution in [-0.2, 0) is 0 Å². The average Bonchev–Trinajstić information content (AvgIpc) is 3.00. The minimum Gasteiger partial charge on any atom is -0.341 e. The molecule has 1 fully saturated rings. The molecule has 6 nitrogen and oxygen atoms in total. The summed E-state index contributed by atoms with van der Waals surface area (Å²) in [6.07, 6.45) is 2.02. The maximum Gasteiger partial charge on any atom is 0.292 e. The molecule has 1 aromatic heterocycles. The highest BCUT2D eigenvalue weighted by Crippen LogP contribution is 2.39. The molecular formula is C18H22N4O2S2. The van der Waals surface area contributed by atoms with E-state index in [4.69, 9.17) is 0 Å². The first-order chi connectivity index (χ1) is 12.6. The molecule has 1 atom stereocenters. The van der Waals surface area contributed by atoms with Crippen molar-refractivity contribution in [1.29, 1.82) is 0 Å². The van der Waals surface area contributed by atoms with Crippen molar-refractivity contribution in [2.24, 2.45) is 0 Å². The number of aryl methyl sites for hydroxylation is 1. The zero-order valence-corrected chi connectivity index (χ0v) is 16.5. The Balaban J connectivity index is 1.96. The zero-order valence-electron chi connectivity index (χ0n) is 14.8. The summed E-state index contributed by atoms with van der Waals surface area (Å²) < 4.78 is 0. The molecule has 1 saturated heterocycles. The van der Waals surface area contributed by atoms with Crippen LogP contribution < -0.4 is 10.6 Å². The number of para-hydroxylation sites is 2. The highest BCUT2D eigenvalue weighted by molar-refractivity contribution is 7.87. The van der Waals surface area contributed by atoms with E-state index in [1.165, 1.54) is 10.9 Å². The molecule has 2 aromatic rings. The standard InChI is InChI=1S/C18H22N4O2S2/c1-13-11-14(17(12-25-2)21-9-7-19-8-10-21)18(26-13)20-15-5-3-4-6-16(15)22(23)24/h3-6,11,17,19-20H,7-10H2,1-2H3. The van der Waals surface area contributed by atoms with Gasteiger partial charge in [-0.15, -0.1) is 22.5 Å². The number of hydrogen-bond acceptors (Lipinski definition) is 6. The summed E-state index contributed by atoms with van der Waals surface area (Å²) in [4.78, 5) is 14.5. The second kappa shape index (κ2) is 8.62. The number of hydrogen-bond donors (Lipinski definition) is 2. The average molecular weight is 391 g/mol. The van der Waals surface area contributed by atoms with E-state index in [2.05, 4.69) is 33.7 Å². The quantitative estimate of drug-likeness (QED) is 0.597. The fourth-order valence-electron chi connectivity index (χ4n) is 3.08.